The fourth-order valence-electron chi connectivity index (χ4n) is 5.85. The van der Waals surface area contributed by atoms with Crippen LogP contribution in [0.2, 0.25) is 0 Å². The number of nitrogens with one attached hydrogen (secondary N) is 2. The standard InChI is InChI=1S/C32H34BrF2N3O3/c33-24-7-1-21(2-8-24)29-19-27(36-30(39)20-38-15-17-41-18-16-38)13-14-28(29)32(40)37-31(22-3-9-25(34)10-4-22)23-5-11-26(35)12-6-23/h1-12,27-29,31H,13-20H2,(H,36,39)(H,37,40)/t27-,28-,29+/m1/s1. The van der Waals surface area contributed by atoms with Crippen LogP contribution in [-0.4, -0.2) is 55.6 Å². The zero-order chi connectivity index (χ0) is 28.8. The van der Waals surface area contributed by atoms with E-state index in [1.165, 1.54) is 24.3 Å². The molecule has 2 N–H and O–H groups in total. The monoisotopic (exact) mass is 625 g/mol. The molecule has 2 amide bonds. The SMILES string of the molecule is O=C(CN1CCOCC1)N[C@@H]1CC[C@@H](C(=O)NC(c2ccc(F)cc2)c2ccc(F)cc2)[C@H](c2ccc(Br)cc2)C1. The summed E-state index contributed by atoms with van der Waals surface area (Å²) in [6.07, 6.45) is 1.90. The van der Waals surface area contributed by atoms with Crippen LogP contribution in [0, 0.1) is 17.6 Å². The number of amides is 2. The zero-order valence-electron chi connectivity index (χ0n) is 22.7. The predicted octanol–water partition coefficient (Wildman–Crippen LogP) is 5.33. The van der Waals surface area contributed by atoms with Gasteiger partial charge in [0, 0.05) is 29.5 Å². The molecule has 1 saturated heterocycles. The Hall–Kier alpha value is -3.14. The molecule has 0 unspecified atom stereocenters. The van der Waals surface area contributed by atoms with Crippen LogP contribution in [0.15, 0.2) is 77.3 Å². The molecular formula is C32H34BrF2N3O3. The molecule has 1 heterocycles. The average Bonchev–Trinajstić information content (AvgIpc) is 2.98. The minimum atomic E-state index is -0.569. The second-order valence-electron chi connectivity index (χ2n) is 10.8. The van der Waals surface area contributed by atoms with Crippen molar-refractivity contribution in [2.45, 2.75) is 37.3 Å². The normalized spacial score (nSPS) is 21.4. The van der Waals surface area contributed by atoms with Crippen molar-refractivity contribution >= 4 is 27.7 Å². The first-order chi connectivity index (χ1) is 19.9. The number of nitrogens with zero attached hydrogens (tertiary/aromatic N) is 1. The van der Waals surface area contributed by atoms with Crippen LogP contribution in [0.3, 0.4) is 0 Å². The van der Waals surface area contributed by atoms with E-state index < -0.39 is 6.04 Å². The van der Waals surface area contributed by atoms with E-state index in [1.54, 1.807) is 24.3 Å². The number of hydrogen-bond donors (Lipinski definition) is 2. The van der Waals surface area contributed by atoms with Crippen LogP contribution in [0.25, 0.3) is 0 Å². The molecule has 1 aliphatic heterocycles. The summed E-state index contributed by atoms with van der Waals surface area (Å²) in [4.78, 5) is 28.9. The quantitative estimate of drug-likeness (QED) is 0.355. The van der Waals surface area contributed by atoms with Gasteiger partial charge >= 0.3 is 0 Å². The van der Waals surface area contributed by atoms with Crippen molar-refractivity contribution in [3.8, 4) is 0 Å². The topological polar surface area (TPSA) is 70.7 Å². The van der Waals surface area contributed by atoms with E-state index in [9.17, 15) is 18.4 Å². The lowest BCUT2D eigenvalue weighted by Gasteiger charge is -2.37. The number of morpholine rings is 1. The third kappa shape index (κ3) is 7.78. The maximum atomic E-state index is 14.0. The lowest BCUT2D eigenvalue weighted by molar-refractivity contribution is -0.127. The van der Waals surface area contributed by atoms with Gasteiger partial charge in [0.05, 0.1) is 25.8 Å². The number of ether oxygens (including phenoxy) is 1. The van der Waals surface area contributed by atoms with Crippen molar-refractivity contribution in [1.82, 2.24) is 15.5 Å². The van der Waals surface area contributed by atoms with Gasteiger partial charge in [-0.2, -0.15) is 0 Å². The van der Waals surface area contributed by atoms with Gasteiger partial charge < -0.3 is 15.4 Å². The Morgan fingerprint density at radius 2 is 1.46 bits per heavy atom. The van der Waals surface area contributed by atoms with Gasteiger partial charge in [-0.05, 0) is 78.3 Å². The van der Waals surface area contributed by atoms with E-state index >= 15 is 0 Å². The van der Waals surface area contributed by atoms with E-state index in [1.807, 2.05) is 24.3 Å². The molecule has 41 heavy (non-hydrogen) atoms. The molecule has 0 spiro atoms. The van der Waals surface area contributed by atoms with Crippen molar-refractivity contribution in [3.05, 3.63) is 106 Å². The van der Waals surface area contributed by atoms with Crippen molar-refractivity contribution in [2.24, 2.45) is 5.92 Å². The number of benzene rings is 3. The summed E-state index contributed by atoms with van der Waals surface area (Å²) >= 11 is 3.50. The van der Waals surface area contributed by atoms with Gasteiger partial charge in [0.15, 0.2) is 0 Å². The van der Waals surface area contributed by atoms with E-state index in [0.717, 1.165) is 23.1 Å². The summed E-state index contributed by atoms with van der Waals surface area (Å²) in [7, 11) is 0. The lowest BCUT2D eigenvalue weighted by Crippen LogP contribution is -2.48. The summed E-state index contributed by atoms with van der Waals surface area (Å²) in [5.74, 6) is -1.35. The van der Waals surface area contributed by atoms with E-state index in [-0.39, 0.29) is 41.3 Å². The Kier molecular flexibility index (Phi) is 9.80. The van der Waals surface area contributed by atoms with Gasteiger partial charge in [-0.3, -0.25) is 14.5 Å². The molecule has 3 aromatic carbocycles. The number of carbonyl (C=O) groups excluding carboxylic acids is 2. The largest absolute Gasteiger partial charge is 0.379 e. The molecular weight excluding hydrogens is 592 g/mol. The lowest BCUT2D eigenvalue weighted by atomic mass is 9.73. The molecule has 3 aromatic rings. The average molecular weight is 627 g/mol. The van der Waals surface area contributed by atoms with Crippen molar-refractivity contribution in [1.29, 1.82) is 0 Å². The second-order valence-corrected chi connectivity index (χ2v) is 11.7. The van der Waals surface area contributed by atoms with Crippen LogP contribution >= 0.6 is 15.9 Å². The molecule has 0 radical (unpaired) electrons. The summed E-state index contributed by atoms with van der Waals surface area (Å²) in [6, 6.07) is 19.3. The summed E-state index contributed by atoms with van der Waals surface area (Å²) in [5, 5.41) is 6.39. The molecule has 1 saturated carbocycles. The first kappa shape index (κ1) is 29.4. The van der Waals surface area contributed by atoms with Crippen LogP contribution in [0.1, 0.15) is 47.9 Å². The van der Waals surface area contributed by atoms with Gasteiger partial charge in [0.25, 0.3) is 0 Å². The number of carbonyl (C=O) groups is 2. The molecule has 2 aliphatic rings. The van der Waals surface area contributed by atoms with E-state index in [0.29, 0.717) is 50.1 Å². The molecule has 0 bridgehead atoms. The van der Waals surface area contributed by atoms with Crippen molar-refractivity contribution < 1.29 is 23.1 Å². The van der Waals surface area contributed by atoms with Gasteiger partial charge in [-0.25, -0.2) is 8.78 Å². The fourth-order valence-corrected chi connectivity index (χ4v) is 6.11. The predicted molar refractivity (Wildman–Crippen MR) is 156 cm³/mol. The minimum absolute atomic E-state index is 0.0120. The zero-order valence-corrected chi connectivity index (χ0v) is 24.3. The first-order valence-electron chi connectivity index (χ1n) is 14.0. The molecule has 6 nitrogen and oxygen atoms in total. The highest BCUT2D eigenvalue weighted by atomic mass is 79.9. The fraction of sp³-hybridized carbons (Fsp3) is 0.375. The molecule has 5 rings (SSSR count). The van der Waals surface area contributed by atoms with Gasteiger partial charge in [-0.15, -0.1) is 0 Å². The summed E-state index contributed by atoms with van der Waals surface area (Å²) in [6.45, 7) is 3.09. The number of hydrogen-bond acceptors (Lipinski definition) is 4. The summed E-state index contributed by atoms with van der Waals surface area (Å²) in [5.41, 5.74) is 2.44. The van der Waals surface area contributed by atoms with Crippen LogP contribution in [-0.2, 0) is 14.3 Å². The highest BCUT2D eigenvalue weighted by Gasteiger charge is 2.37. The van der Waals surface area contributed by atoms with Crippen LogP contribution in [0.4, 0.5) is 8.78 Å². The molecule has 216 valence electrons. The molecule has 2 fully saturated rings. The Morgan fingerprint density at radius 1 is 0.878 bits per heavy atom. The Bertz CT molecular complexity index is 1270. The van der Waals surface area contributed by atoms with Crippen LogP contribution in [0.5, 0.6) is 0 Å². The maximum absolute atomic E-state index is 14.0. The molecule has 0 aromatic heterocycles. The second kappa shape index (κ2) is 13.7. The molecule has 3 atom stereocenters. The first-order valence-corrected chi connectivity index (χ1v) is 14.8. The van der Waals surface area contributed by atoms with Gasteiger partial charge in [0.1, 0.15) is 11.6 Å². The smallest absolute Gasteiger partial charge is 0.234 e. The highest BCUT2D eigenvalue weighted by Crippen LogP contribution is 2.39. The highest BCUT2D eigenvalue weighted by molar-refractivity contribution is 9.10. The van der Waals surface area contributed by atoms with Gasteiger partial charge in [-0.1, -0.05) is 52.3 Å². The molecule has 9 heteroatoms. The van der Waals surface area contributed by atoms with Crippen LogP contribution < -0.4 is 10.6 Å². The third-order valence-corrected chi connectivity index (χ3v) is 8.54. The Balaban J connectivity index is 1.34. The molecule has 1 aliphatic carbocycles. The minimum Gasteiger partial charge on any atom is -0.379 e. The van der Waals surface area contributed by atoms with Crippen molar-refractivity contribution in [2.75, 3.05) is 32.8 Å². The Morgan fingerprint density at radius 3 is 2.05 bits per heavy atom. The van der Waals surface area contributed by atoms with E-state index in [2.05, 4.69) is 31.5 Å². The third-order valence-electron chi connectivity index (χ3n) is 8.01. The Labute approximate surface area is 247 Å². The van der Waals surface area contributed by atoms with Gasteiger partial charge in [0.2, 0.25) is 11.8 Å². The summed E-state index contributed by atoms with van der Waals surface area (Å²) < 4.78 is 33.7. The maximum Gasteiger partial charge on any atom is 0.234 e. The van der Waals surface area contributed by atoms with Crippen molar-refractivity contribution in [3.63, 3.8) is 0 Å². The number of rotatable bonds is 8. The van der Waals surface area contributed by atoms with E-state index in [4.69, 9.17) is 4.74 Å². The number of halogens is 3.